The molecule has 0 aliphatic heterocycles. The predicted molar refractivity (Wildman–Crippen MR) is 151 cm³/mol. The molecule has 208 valence electrons. The van der Waals surface area contributed by atoms with Gasteiger partial charge in [-0.05, 0) is 74.5 Å². The molecule has 3 aliphatic carbocycles. The van der Waals surface area contributed by atoms with Gasteiger partial charge in [0.15, 0.2) is 0 Å². The summed E-state index contributed by atoms with van der Waals surface area (Å²) < 4.78 is 5.31. The van der Waals surface area contributed by atoms with E-state index in [0.29, 0.717) is 18.1 Å². The van der Waals surface area contributed by atoms with Crippen LogP contribution in [0.25, 0.3) is 0 Å². The van der Waals surface area contributed by atoms with E-state index in [2.05, 4.69) is 13.5 Å². The van der Waals surface area contributed by atoms with Crippen LogP contribution in [-0.2, 0) is 9.53 Å². The van der Waals surface area contributed by atoms with Crippen LogP contribution < -0.4 is 0 Å². The second kappa shape index (κ2) is 16.2. The Balaban J connectivity index is 1.25. The molecule has 0 amide bonds. The molecule has 0 aromatic rings. The van der Waals surface area contributed by atoms with Gasteiger partial charge in [0.05, 0.1) is 6.61 Å². The average Bonchev–Trinajstić information content (AvgIpc) is 2.91. The monoisotopic (exact) mass is 502 g/mol. The molecule has 3 rings (SSSR count). The van der Waals surface area contributed by atoms with Crippen molar-refractivity contribution in [3.8, 4) is 0 Å². The van der Waals surface area contributed by atoms with Crippen molar-refractivity contribution in [2.24, 2.45) is 41.4 Å². The lowest BCUT2D eigenvalue weighted by Crippen LogP contribution is -2.28. The number of esters is 1. The molecule has 1 N–H and O–H groups in total. The third-order valence-corrected chi connectivity index (χ3v) is 10.3. The van der Waals surface area contributed by atoms with Gasteiger partial charge in [0.1, 0.15) is 0 Å². The first-order valence-corrected chi connectivity index (χ1v) is 15.9. The zero-order valence-electron chi connectivity index (χ0n) is 23.9. The standard InChI is InChI=1S/C33H58O3/c1-4-5-6-7-26-8-10-27(11-9-26)12-13-28-14-18-31(19-15-28)32-20-16-29(17-21-32)22-30(23-34)24-36-33(35)25(2)3/h26-32,34H,2,4-24H2,1,3H3. The van der Waals surface area contributed by atoms with Gasteiger partial charge in [-0.3, -0.25) is 0 Å². The Kier molecular flexibility index (Phi) is 13.4. The Morgan fingerprint density at radius 2 is 1.25 bits per heavy atom. The summed E-state index contributed by atoms with van der Waals surface area (Å²) in [6.07, 6.45) is 27.0. The molecule has 3 saturated carbocycles. The molecule has 0 aromatic heterocycles. The molecular formula is C33H58O3. The van der Waals surface area contributed by atoms with E-state index >= 15 is 0 Å². The summed E-state index contributed by atoms with van der Waals surface area (Å²) in [5, 5.41) is 9.75. The molecule has 3 fully saturated rings. The third kappa shape index (κ3) is 10.1. The number of carbonyl (C=O) groups excluding carboxylic acids is 1. The van der Waals surface area contributed by atoms with Crippen molar-refractivity contribution in [1.82, 2.24) is 0 Å². The molecule has 36 heavy (non-hydrogen) atoms. The maximum Gasteiger partial charge on any atom is 0.333 e. The van der Waals surface area contributed by atoms with Crippen molar-refractivity contribution in [2.45, 2.75) is 136 Å². The van der Waals surface area contributed by atoms with Gasteiger partial charge in [-0.15, -0.1) is 0 Å². The molecular weight excluding hydrogens is 444 g/mol. The molecule has 0 bridgehead atoms. The average molecular weight is 503 g/mol. The highest BCUT2D eigenvalue weighted by Crippen LogP contribution is 2.44. The fraction of sp³-hybridized carbons (Fsp3) is 0.909. The topological polar surface area (TPSA) is 46.5 Å². The Hall–Kier alpha value is -0.830. The maximum atomic E-state index is 11.7. The van der Waals surface area contributed by atoms with E-state index in [-0.39, 0.29) is 18.5 Å². The predicted octanol–water partition coefficient (Wildman–Crippen LogP) is 8.88. The molecule has 1 atom stereocenters. The Labute approximate surface area is 223 Å². The van der Waals surface area contributed by atoms with Gasteiger partial charge < -0.3 is 9.84 Å². The van der Waals surface area contributed by atoms with Crippen molar-refractivity contribution in [3.05, 3.63) is 12.2 Å². The van der Waals surface area contributed by atoms with Gasteiger partial charge in [0.25, 0.3) is 0 Å². The highest BCUT2D eigenvalue weighted by molar-refractivity contribution is 5.86. The van der Waals surface area contributed by atoms with Gasteiger partial charge in [0, 0.05) is 18.1 Å². The van der Waals surface area contributed by atoms with Crippen LogP contribution in [0.3, 0.4) is 0 Å². The van der Waals surface area contributed by atoms with E-state index in [1.54, 1.807) is 6.92 Å². The minimum absolute atomic E-state index is 0.0707. The van der Waals surface area contributed by atoms with Crippen LogP contribution in [0.4, 0.5) is 0 Å². The van der Waals surface area contributed by atoms with Gasteiger partial charge >= 0.3 is 5.97 Å². The van der Waals surface area contributed by atoms with Crippen molar-refractivity contribution < 1.29 is 14.6 Å². The first-order chi connectivity index (χ1) is 17.5. The fourth-order valence-corrected chi connectivity index (χ4v) is 7.79. The SMILES string of the molecule is C=C(C)C(=O)OCC(CO)CC1CCC(C2CCC(CCC3CCC(CCCCC)CC3)CC2)CC1. The molecule has 3 aliphatic rings. The number of aliphatic hydroxyl groups excluding tert-OH is 1. The number of aliphatic hydroxyl groups is 1. The zero-order valence-corrected chi connectivity index (χ0v) is 23.9. The lowest BCUT2D eigenvalue weighted by molar-refractivity contribution is -0.140. The second-order valence-corrected chi connectivity index (χ2v) is 13.2. The van der Waals surface area contributed by atoms with Crippen LogP contribution in [-0.4, -0.2) is 24.3 Å². The number of ether oxygens (including phenoxy) is 1. The summed E-state index contributed by atoms with van der Waals surface area (Å²) >= 11 is 0. The van der Waals surface area contributed by atoms with Crippen LogP contribution in [0.5, 0.6) is 0 Å². The highest BCUT2D eigenvalue weighted by atomic mass is 16.5. The van der Waals surface area contributed by atoms with Crippen molar-refractivity contribution in [2.75, 3.05) is 13.2 Å². The van der Waals surface area contributed by atoms with Gasteiger partial charge in [-0.2, -0.15) is 0 Å². The van der Waals surface area contributed by atoms with Crippen molar-refractivity contribution in [1.29, 1.82) is 0 Å². The molecule has 0 aromatic carbocycles. The molecule has 0 saturated heterocycles. The number of hydrogen-bond acceptors (Lipinski definition) is 3. The Bertz CT molecular complexity index is 619. The van der Waals surface area contributed by atoms with Crippen LogP contribution in [0.1, 0.15) is 136 Å². The van der Waals surface area contributed by atoms with Gasteiger partial charge in [-0.1, -0.05) is 103 Å². The fourth-order valence-electron chi connectivity index (χ4n) is 7.79. The molecule has 0 spiro atoms. The minimum atomic E-state index is -0.335. The normalized spacial score (nSPS) is 32.1. The van der Waals surface area contributed by atoms with Crippen LogP contribution in [0.15, 0.2) is 12.2 Å². The zero-order chi connectivity index (χ0) is 25.8. The molecule has 1 unspecified atom stereocenters. The number of unbranched alkanes of at least 4 members (excludes halogenated alkanes) is 2. The van der Waals surface area contributed by atoms with E-state index in [4.69, 9.17) is 4.74 Å². The summed E-state index contributed by atoms with van der Waals surface area (Å²) in [5.41, 5.74) is 0.433. The quantitative estimate of drug-likeness (QED) is 0.146. The maximum absolute atomic E-state index is 11.7. The summed E-state index contributed by atoms with van der Waals surface area (Å²) in [6, 6.07) is 0. The lowest BCUT2D eigenvalue weighted by atomic mass is 9.67. The van der Waals surface area contributed by atoms with Crippen molar-refractivity contribution in [3.63, 3.8) is 0 Å². The Morgan fingerprint density at radius 3 is 1.72 bits per heavy atom. The smallest absolute Gasteiger partial charge is 0.333 e. The molecule has 0 radical (unpaired) electrons. The third-order valence-electron chi connectivity index (χ3n) is 10.3. The summed E-state index contributed by atoms with van der Waals surface area (Å²) in [4.78, 5) is 11.7. The summed E-state index contributed by atoms with van der Waals surface area (Å²) in [7, 11) is 0. The van der Waals surface area contributed by atoms with E-state index in [0.717, 1.165) is 36.0 Å². The Morgan fingerprint density at radius 1 is 0.778 bits per heavy atom. The first-order valence-electron chi connectivity index (χ1n) is 15.9. The minimum Gasteiger partial charge on any atom is -0.462 e. The highest BCUT2D eigenvalue weighted by Gasteiger charge is 2.32. The van der Waals surface area contributed by atoms with Crippen molar-refractivity contribution >= 4 is 5.97 Å². The lowest BCUT2D eigenvalue weighted by Gasteiger charge is -2.39. The number of carbonyl (C=O) groups is 1. The molecule has 3 heteroatoms. The largest absolute Gasteiger partial charge is 0.462 e. The second-order valence-electron chi connectivity index (χ2n) is 13.2. The molecule has 0 heterocycles. The van der Waals surface area contributed by atoms with Gasteiger partial charge in [-0.25, -0.2) is 4.79 Å². The summed E-state index contributed by atoms with van der Waals surface area (Å²) in [6.45, 7) is 8.06. The summed E-state index contributed by atoms with van der Waals surface area (Å²) in [5.74, 6) is 5.40. The van der Waals surface area contributed by atoms with E-state index < -0.39 is 0 Å². The van der Waals surface area contributed by atoms with E-state index in [1.807, 2.05) is 0 Å². The van der Waals surface area contributed by atoms with Crippen LogP contribution in [0, 0.1) is 41.4 Å². The molecule has 3 nitrogen and oxygen atoms in total. The van der Waals surface area contributed by atoms with E-state index in [1.165, 1.54) is 116 Å². The van der Waals surface area contributed by atoms with Crippen LogP contribution in [0.2, 0.25) is 0 Å². The number of rotatable bonds is 14. The van der Waals surface area contributed by atoms with Crippen LogP contribution >= 0.6 is 0 Å². The van der Waals surface area contributed by atoms with Gasteiger partial charge in [0.2, 0.25) is 0 Å². The first kappa shape index (κ1) is 29.7. The van der Waals surface area contributed by atoms with E-state index in [9.17, 15) is 9.90 Å². The number of hydrogen-bond donors (Lipinski definition) is 1.